The molecule has 9 nitrogen and oxygen atoms in total. The number of carbonyl (C=O) groups is 1. The predicted octanol–water partition coefficient (Wildman–Crippen LogP) is 4.83. The normalized spacial score (nSPS) is 13.7. The minimum atomic E-state index is -4.73. The number of ether oxygens (including phenoxy) is 2. The number of nitro benzene ring substituents is 1. The quantitative estimate of drug-likeness (QED) is 0.228. The molecule has 0 spiro atoms. The van der Waals surface area contributed by atoms with E-state index in [4.69, 9.17) is 9.47 Å². The average molecular weight is 583 g/mol. The molecule has 0 saturated heterocycles. The van der Waals surface area contributed by atoms with E-state index in [0.717, 1.165) is 18.2 Å². The first kappa shape index (κ1) is 28.5. The lowest BCUT2D eigenvalue weighted by Crippen LogP contribution is -2.44. The van der Waals surface area contributed by atoms with Gasteiger partial charge >= 0.3 is 12.1 Å². The Labute approximate surface area is 207 Å². The number of non-ortho nitro benzene ring substituents is 1. The fourth-order valence-electron chi connectivity index (χ4n) is 2.99. The van der Waals surface area contributed by atoms with E-state index < -0.39 is 49.7 Å². The highest BCUT2D eigenvalue weighted by Crippen LogP contribution is 2.32. The molecule has 0 aliphatic carbocycles. The Bertz CT molecular complexity index is 1180. The van der Waals surface area contributed by atoms with Crippen molar-refractivity contribution >= 4 is 37.6 Å². The lowest BCUT2D eigenvalue weighted by Gasteiger charge is -2.26. The van der Waals surface area contributed by atoms with Crippen molar-refractivity contribution in [3.63, 3.8) is 0 Å². The van der Waals surface area contributed by atoms with E-state index in [2.05, 4.69) is 20.7 Å². The summed E-state index contributed by atoms with van der Waals surface area (Å²) < 4.78 is 77.9. The number of alkyl halides is 3. The van der Waals surface area contributed by atoms with Crippen LogP contribution in [-0.4, -0.2) is 38.1 Å². The number of nitrogens with zero attached hydrogens (tertiary/aromatic N) is 1. The molecule has 0 aliphatic rings. The number of sulfonamides is 1. The summed E-state index contributed by atoms with van der Waals surface area (Å²) in [4.78, 5) is 21.6. The molecule has 14 heteroatoms. The first-order valence-electron chi connectivity index (χ1n) is 10.2. The number of hydrogen-bond donors (Lipinski definition) is 1. The smallest absolute Gasteiger partial charge is 0.416 e. The molecule has 0 unspecified atom stereocenters. The third-order valence-electron chi connectivity index (χ3n) is 4.71. The summed E-state index contributed by atoms with van der Waals surface area (Å²) in [5.41, 5.74) is -1.34. The molecule has 0 aromatic heterocycles. The predicted molar refractivity (Wildman–Crippen MR) is 122 cm³/mol. The van der Waals surface area contributed by atoms with Gasteiger partial charge in [-0.1, -0.05) is 6.07 Å². The molecule has 0 aliphatic heterocycles. The topological polar surface area (TPSA) is 125 Å². The van der Waals surface area contributed by atoms with Crippen molar-refractivity contribution in [2.75, 3.05) is 6.61 Å². The van der Waals surface area contributed by atoms with Gasteiger partial charge in [-0.3, -0.25) is 14.9 Å². The molecule has 1 N–H and O–H groups in total. The maximum atomic E-state index is 13.0. The second-order valence-corrected chi connectivity index (χ2v) is 9.88. The van der Waals surface area contributed by atoms with E-state index in [9.17, 15) is 36.5 Å². The number of carbonyl (C=O) groups excluding carboxylic acids is 1. The second-order valence-electron chi connectivity index (χ2n) is 7.31. The highest BCUT2D eigenvalue weighted by Gasteiger charge is 2.33. The number of benzene rings is 2. The molecule has 2 aromatic carbocycles. The lowest BCUT2D eigenvalue weighted by molar-refractivity contribution is -0.385. The molecule has 0 heterocycles. The molecular weight excluding hydrogens is 561 g/mol. The van der Waals surface area contributed by atoms with Crippen molar-refractivity contribution in [2.24, 2.45) is 0 Å². The zero-order valence-electron chi connectivity index (χ0n) is 18.5. The number of esters is 1. The molecule has 0 amide bonds. The van der Waals surface area contributed by atoms with Gasteiger partial charge in [-0.25, -0.2) is 13.1 Å². The van der Waals surface area contributed by atoms with Crippen LogP contribution in [0.2, 0.25) is 0 Å². The summed E-state index contributed by atoms with van der Waals surface area (Å²) in [6.07, 6.45) is -5.88. The van der Waals surface area contributed by atoms with E-state index in [1.54, 1.807) is 6.92 Å². The maximum Gasteiger partial charge on any atom is 0.416 e. The third-order valence-corrected chi connectivity index (χ3v) is 6.89. The Kier molecular flexibility index (Phi) is 9.63. The van der Waals surface area contributed by atoms with Crippen LogP contribution in [0.25, 0.3) is 0 Å². The van der Waals surface area contributed by atoms with Gasteiger partial charge in [0.1, 0.15) is 11.9 Å². The molecule has 0 fully saturated rings. The van der Waals surface area contributed by atoms with Gasteiger partial charge in [-0.05, 0) is 60.5 Å². The first-order valence-corrected chi connectivity index (χ1v) is 12.5. The molecule has 0 saturated carbocycles. The van der Waals surface area contributed by atoms with Crippen LogP contribution in [0.15, 0.2) is 51.8 Å². The highest BCUT2D eigenvalue weighted by molar-refractivity contribution is 9.10. The van der Waals surface area contributed by atoms with Crippen LogP contribution in [0.3, 0.4) is 0 Å². The molecule has 192 valence electrons. The van der Waals surface area contributed by atoms with Crippen LogP contribution in [0.5, 0.6) is 5.75 Å². The van der Waals surface area contributed by atoms with Crippen LogP contribution in [-0.2, 0) is 25.7 Å². The number of nitro groups is 1. The summed E-state index contributed by atoms with van der Waals surface area (Å²) in [6.45, 7) is 3.17. The number of hydrogen-bond acceptors (Lipinski definition) is 7. The van der Waals surface area contributed by atoms with E-state index >= 15 is 0 Å². The zero-order valence-corrected chi connectivity index (χ0v) is 20.9. The van der Waals surface area contributed by atoms with Crippen LogP contribution >= 0.6 is 15.9 Å². The van der Waals surface area contributed by atoms with Crippen LogP contribution in [0.4, 0.5) is 18.9 Å². The van der Waals surface area contributed by atoms with Gasteiger partial charge in [-0.15, -0.1) is 0 Å². The average Bonchev–Trinajstić information content (AvgIpc) is 2.76. The first-order chi connectivity index (χ1) is 16.2. The van der Waals surface area contributed by atoms with Gasteiger partial charge in [0.2, 0.25) is 10.0 Å². The van der Waals surface area contributed by atoms with E-state index in [1.807, 2.05) is 0 Å². The molecular formula is C21H22BrF3N2O7S. The Morgan fingerprint density at radius 1 is 1.23 bits per heavy atom. The molecule has 2 rings (SSSR count). The zero-order chi connectivity index (χ0) is 26.4. The Morgan fingerprint density at radius 2 is 1.91 bits per heavy atom. The second kappa shape index (κ2) is 11.8. The van der Waals surface area contributed by atoms with Gasteiger partial charge in [0.25, 0.3) is 5.69 Å². The van der Waals surface area contributed by atoms with Crippen molar-refractivity contribution in [1.29, 1.82) is 0 Å². The molecule has 35 heavy (non-hydrogen) atoms. The van der Waals surface area contributed by atoms with Gasteiger partial charge < -0.3 is 9.47 Å². The summed E-state index contributed by atoms with van der Waals surface area (Å²) in [7, 11) is -4.40. The molecule has 2 atom stereocenters. The third kappa shape index (κ3) is 8.18. The van der Waals surface area contributed by atoms with Crippen LogP contribution < -0.4 is 9.46 Å². The maximum absolute atomic E-state index is 13.0. The largest absolute Gasteiger partial charge is 0.488 e. The minimum Gasteiger partial charge on any atom is -0.488 e. The molecule has 0 radical (unpaired) electrons. The standard InChI is InChI=1S/C21H22BrF3N2O7S/c1-3-33-20(28)10-9-18(34-19-8-7-15(27(29)30)12-17(19)22)13(2)26-35(31,32)16-6-4-5-14(11-16)21(23,24)25/h4-8,11-13,18,26H,3,9-10H2,1-2H3/t13-,18+/m1/s1. The lowest BCUT2D eigenvalue weighted by atomic mass is 10.1. The summed E-state index contributed by atoms with van der Waals surface area (Å²) in [5, 5.41) is 11.0. The van der Waals surface area contributed by atoms with E-state index in [-0.39, 0.29) is 35.4 Å². The minimum absolute atomic E-state index is 0.0193. The monoisotopic (exact) mass is 582 g/mol. The highest BCUT2D eigenvalue weighted by atomic mass is 79.9. The van der Waals surface area contributed by atoms with Gasteiger partial charge in [-0.2, -0.15) is 13.2 Å². The number of halogens is 4. The number of nitrogens with one attached hydrogen (secondary N) is 1. The fourth-order valence-corrected chi connectivity index (χ4v) is 4.77. The molecule has 2 aromatic rings. The van der Waals surface area contributed by atoms with Gasteiger partial charge in [0.05, 0.1) is 32.5 Å². The van der Waals surface area contributed by atoms with Crippen molar-refractivity contribution in [2.45, 2.75) is 49.9 Å². The van der Waals surface area contributed by atoms with Gasteiger partial charge in [0.15, 0.2) is 0 Å². The van der Waals surface area contributed by atoms with E-state index in [0.29, 0.717) is 6.07 Å². The number of rotatable bonds is 11. The van der Waals surface area contributed by atoms with Crippen molar-refractivity contribution in [3.05, 3.63) is 62.6 Å². The Balaban J connectivity index is 2.30. The summed E-state index contributed by atoms with van der Waals surface area (Å²) >= 11 is 3.16. The van der Waals surface area contributed by atoms with Crippen LogP contribution in [0, 0.1) is 10.1 Å². The van der Waals surface area contributed by atoms with Gasteiger partial charge in [0, 0.05) is 18.6 Å². The SMILES string of the molecule is CCOC(=O)CC[C@H](Oc1ccc([N+](=O)[O-])cc1Br)[C@@H](C)NS(=O)(=O)c1cccc(C(F)(F)F)c1. The molecule has 0 bridgehead atoms. The van der Waals surface area contributed by atoms with Crippen molar-refractivity contribution in [3.8, 4) is 5.75 Å². The fraction of sp³-hybridized carbons (Fsp3) is 0.381. The van der Waals surface area contributed by atoms with Crippen molar-refractivity contribution < 1.29 is 40.8 Å². The van der Waals surface area contributed by atoms with E-state index in [1.165, 1.54) is 25.1 Å². The van der Waals surface area contributed by atoms with Crippen molar-refractivity contribution in [1.82, 2.24) is 4.72 Å². The Morgan fingerprint density at radius 3 is 2.49 bits per heavy atom. The van der Waals surface area contributed by atoms with Crippen LogP contribution in [0.1, 0.15) is 32.3 Å². The summed E-state index contributed by atoms with van der Waals surface area (Å²) in [5.74, 6) is -0.425. The summed E-state index contributed by atoms with van der Waals surface area (Å²) in [6, 6.07) is 5.90. The Hall–Kier alpha value is -2.71.